The Labute approximate surface area is 155 Å². The topological polar surface area (TPSA) is 64.5 Å². The summed E-state index contributed by atoms with van der Waals surface area (Å²) in [5, 5.41) is 0. The van der Waals surface area contributed by atoms with Crippen molar-refractivity contribution >= 4 is 0 Å². The molecular formula is C21H25N5. The lowest BCUT2D eigenvalue weighted by Gasteiger charge is -2.18. The van der Waals surface area contributed by atoms with Gasteiger partial charge in [0.2, 0.25) is 0 Å². The van der Waals surface area contributed by atoms with Gasteiger partial charge in [-0.05, 0) is 34.1 Å². The molecule has 0 atom stereocenters. The molecule has 3 rings (SSSR count). The van der Waals surface area contributed by atoms with Gasteiger partial charge < -0.3 is 0 Å². The van der Waals surface area contributed by atoms with Gasteiger partial charge in [-0.2, -0.15) is 0 Å². The third-order valence-corrected chi connectivity index (χ3v) is 4.29. The molecule has 0 saturated carbocycles. The molecule has 0 aliphatic carbocycles. The summed E-state index contributed by atoms with van der Waals surface area (Å²) in [4.78, 5) is 22.1. The second-order valence-corrected chi connectivity index (χ2v) is 8.50. The second kappa shape index (κ2) is 6.56. The van der Waals surface area contributed by atoms with E-state index in [9.17, 15) is 0 Å². The summed E-state index contributed by atoms with van der Waals surface area (Å²) in [5.74, 6) is 1.11. The summed E-state index contributed by atoms with van der Waals surface area (Å²) in [6.07, 6.45) is 5.28. The van der Waals surface area contributed by atoms with E-state index in [0.29, 0.717) is 11.6 Å². The van der Waals surface area contributed by atoms with Crippen molar-refractivity contribution in [1.29, 1.82) is 0 Å². The Balaban J connectivity index is 1.91. The minimum atomic E-state index is 0.0640. The van der Waals surface area contributed by atoms with Gasteiger partial charge in [0.15, 0.2) is 11.6 Å². The van der Waals surface area contributed by atoms with Crippen LogP contribution in [0.15, 0.2) is 43.0 Å². The average Bonchev–Trinajstić information content (AvgIpc) is 2.61. The van der Waals surface area contributed by atoms with Crippen LogP contribution in [0.1, 0.15) is 52.7 Å². The standard InChI is InChI=1S/C21H25N5/c1-20(2,3)14-7-9-16(22-11-14)18-24-13-25-19(26-18)17-10-8-15(12-23-17)21(4,5)6/h7-13H,1-6H3. The Kier molecular flexibility index (Phi) is 4.57. The van der Waals surface area contributed by atoms with E-state index < -0.39 is 0 Å². The van der Waals surface area contributed by atoms with Crippen molar-refractivity contribution in [2.45, 2.75) is 52.4 Å². The van der Waals surface area contributed by atoms with E-state index in [1.807, 2.05) is 24.5 Å². The highest BCUT2D eigenvalue weighted by molar-refractivity contribution is 5.55. The molecule has 0 bridgehead atoms. The van der Waals surface area contributed by atoms with E-state index in [1.165, 1.54) is 17.5 Å². The minimum absolute atomic E-state index is 0.0640. The molecule has 0 aliphatic rings. The van der Waals surface area contributed by atoms with Gasteiger partial charge in [0.1, 0.15) is 17.7 Å². The zero-order valence-electron chi connectivity index (χ0n) is 16.3. The number of hydrogen-bond acceptors (Lipinski definition) is 5. The first-order valence-corrected chi connectivity index (χ1v) is 8.77. The summed E-state index contributed by atoms with van der Waals surface area (Å²) >= 11 is 0. The summed E-state index contributed by atoms with van der Waals surface area (Å²) in [7, 11) is 0. The van der Waals surface area contributed by atoms with Crippen LogP contribution in [0.5, 0.6) is 0 Å². The number of hydrogen-bond donors (Lipinski definition) is 0. The highest BCUT2D eigenvalue weighted by Crippen LogP contribution is 2.25. The van der Waals surface area contributed by atoms with Gasteiger partial charge in [0.25, 0.3) is 0 Å². The molecule has 5 heteroatoms. The fraction of sp³-hybridized carbons (Fsp3) is 0.381. The molecular weight excluding hydrogens is 322 g/mol. The predicted octanol–water partition coefficient (Wildman–Crippen LogP) is 4.59. The van der Waals surface area contributed by atoms with Crippen LogP contribution in [0.4, 0.5) is 0 Å². The maximum atomic E-state index is 4.55. The quantitative estimate of drug-likeness (QED) is 0.678. The third-order valence-electron chi connectivity index (χ3n) is 4.29. The van der Waals surface area contributed by atoms with Crippen molar-refractivity contribution in [1.82, 2.24) is 24.9 Å². The summed E-state index contributed by atoms with van der Waals surface area (Å²) in [5.41, 5.74) is 3.94. The number of pyridine rings is 2. The molecule has 5 nitrogen and oxygen atoms in total. The molecule has 26 heavy (non-hydrogen) atoms. The van der Waals surface area contributed by atoms with Gasteiger partial charge in [0.05, 0.1) is 0 Å². The van der Waals surface area contributed by atoms with Gasteiger partial charge in [-0.1, -0.05) is 53.7 Å². The molecule has 0 aliphatic heterocycles. The van der Waals surface area contributed by atoms with Crippen LogP contribution in [0.3, 0.4) is 0 Å². The Hall–Kier alpha value is -2.69. The molecule has 0 radical (unpaired) electrons. The Morgan fingerprint density at radius 3 is 1.31 bits per heavy atom. The number of nitrogens with zero attached hydrogens (tertiary/aromatic N) is 5. The zero-order chi connectivity index (χ0) is 18.9. The lowest BCUT2D eigenvalue weighted by molar-refractivity contribution is 0.587. The van der Waals surface area contributed by atoms with E-state index >= 15 is 0 Å². The van der Waals surface area contributed by atoms with Gasteiger partial charge in [-0.15, -0.1) is 0 Å². The molecule has 0 N–H and O–H groups in total. The molecule has 0 amide bonds. The molecule has 134 valence electrons. The molecule has 0 unspecified atom stereocenters. The Morgan fingerprint density at radius 1 is 0.577 bits per heavy atom. The maximum absolute atomic E-state index is 4.55. The van der Waals surface area contributed by atoms with Crippen LogP contribution in [-0.2, 0) is 10.8 Å². The maximum Gasteiger partial charge on any atom is 0.181 e. The Bertz CT molecular complexity index is 813. The van der Waals surface area contributed by atoms with E-state index in [4.69, 9.17) is 0 Å². The van der Waals surface area contributed by atoms with Crippen molar-refractivity contribution in [3.63, 3.8) is 0 Å². The highest BCUT2D eigenvalue weighted by atomic mass is 15.0. The van der Waals surface area contributed by atoms with Crippen LogP contribution in [-0.4, -0.2) is 24.9 Å². The van der Waals surface area contributed by atoms with Crippen molar-refractivity contribution in [2.75, 3.05) is 0 Å². The van der Waals surface area contributed by atoms with E-state index in [2.05, 4.69) is 78.6 Å². The van der Waals surface area contributed by atoms with Crippen LogP contribution in [0.2, 0.25) is 0 Å². The first-order chi connectivity index (χ1) is 12.1. The van der Waals surface area contributed by atoms with Gasteiger partial charge in [-0.3, -0.25) is 9.97 Å². The zero-order valence-corrected chi connectivity index (χ0v) is 16.3. The highest BCUT2D eigenvalue weighted by Gasteiger charge is 2.16. The summed E-state index contributed by atoms with van der Waals surface area (Å²) < 4.78 is 0. The molecule has 0 fully saturated rings. The van der Waals surface area contributed by atoms with Crippen LogP contribution in [0.25, 0.3) is 23.0 Å². The fourth-order valence-electron chi connectivity index (χ4n) is 2.48. The van der Waals surface area contributed by atoms with Crippen LogP contribution < -0.4 is 0 Å². The van der Waals surface area contributed by atoms with Crippen molar-refractivity contribution in [2.24, 2.45) is 0 Å². The first-order valence-electron chi connectivity index (χ1n) is 8.77. The average molecular weight is 347 g/mol. The smallest absolute Gasteiger partial charge is 0.181 e. The molecule has 0 saturated heterocycles. The van der Waals surface area contributed by atoms with Gasteiger partial charge >= 0.3 is 0 Å². The molecule has 3 aromatic heterocycles. The summed E-state index contributed by atoms with van der Waals surface area (Å²) in [6, 6.07) is 8.05. The summed E-state index contributed by atoms with van der Waals surface area (Å²) in [6.45, 7) is 13.0. The fourth-order valence-corrected chi connectivity index (χ4v) is 2.48. The van der Waals surface area contributed by atoms with Crippen molar-refractivity contribution < 1.29 is 0 Å². The van der Waals surface area contributed by atoms with E-state index in [-0.39, 0.29) is 10.8 Å². The van der Waals surface area contributed by atoms with Gasteiger partial charge in [0, 0.05) is 12.4 Å². The SMILES string of the molecule is CC(C)(C)c1ccc(-c2ncnc(-c3ccc(C(C)(C)C)cn3)n2)nc1. The lowest BCUT2D eigenvalue weighted by Crippen LogP contribution is -2.11. The number of rotatable bonds is 2. The number of aromatic nitrogens is 5. The van der Waals surface area contributed by atoms with Gasteiger partial charge in [-0.25, -0.2) is 15.0 Å². The lowest BCUT2D eigenvalue weighted by atomic mass is 9.88. The largest absolute Gasteiger partial charge is 0.253 e. The normalized spacial score (nSPS) is 12.2. The first kappa shape index (κ1) is 18.1. The second-order valence-electron chi connectivity index (χ2n) is 8.50. The van der Waals surface area contributed by atoms with Crippen LogP contribution in [0, 0.1) is 0 Å². The molecule has 3 heterocycles. The van der Waals surface area contributed by atoms with Crippen LogP contribution >= 0.6 is 0 Å². The van der Waals surface area contributed by atoms with Crippen molar-refractivity contribution in [3.8, 4) is 23.0 Å². The third kappa shape index (κ3) is 3.93. The van der Waals surface area contributed by atoms with E-state index in [0.717, 1.165) is 11.4 Å². The molecule has 0 aromatic carbocycles. The monoisotopic (exact) mass is 347 g/mol. The van der Waals surface area contributed by atoms with Crippen molar-refractivity contribution in [3.05, 3.63) is 54.1 Å². The predicted molar refractivity (Wildman–Crippen MR) is 104 cm³/mol. The van der Waals surface area contributed by atoms with E-state index in [1.54, 1.807) is 0 Å². The molecule has 0 spiro atoms. The molecule has 3 aromatic rings. The minimum Gasteiger partial charge on any atom is -0.253 e. The Morgan fingerprint density at radius 2 is 1.00 bits per heavy atom.